The normalized spacial score (nSPS) is 18.5. The first kappa shape index (κ1) is 80.4. The molecule has 3 aliphatic heterocycles. The van der Waals surface area contributed by atoms with Crippen LogP contribution < -0.4 is 25.6 Å². The molecular formula is C78H96F3N11O10S4. The number of nitrogens with zero attached hydrogens (tertiary/aromatic N) is 7. The first-order valence-corrected chi connectivity index (χ1v) is 40.9. The van der Waals surface area contributed by atoms with E-state index in [0.29, 0.717) is 83.3 Å². The smallest absolute Gasteiger partial charge is 0.391 e. The number of alkyl halides is 3. The number of aromatic nitrogens is 1. The Balaban J connectivity index is 0.691. The molecule has 4 heterocycles. The van der Waals surface area contributed by atoms with E-state index in [1.165, 1.54) is 39.9 Å². The molecule has 5 amide bonds. The third-order valence-electron chi connectivity index (χ3n) is 20.3. The molecule has 6 aromatic rings. The number of benzene rings is 5. The number of nitrogens with one attached hydrogen (secondary N) is 4. The zero-order valence-electron chi connectivity index (χ0n) is 61.1. The Kier molecular flexibility index (Phi) is 26.4. The number of carbonyl (C=O) groups is 5. The summed E-state index contributed by atoms with van der Waals surface area (Å²) < 4.78 is 100. The van der Waals surface area contributed by atoms with Crippen molar-refractivity contribution < 1.29 is 59.1 Å². The second-order valence-corrected chi connectivity index (χ2v) is 35.4. The molecule has 1 aliphatic carbocycles. The van der Waals surface area contributed by atoms with Gasteiger partial charge in [0, 0.05) is 119 Å². The van der Waals surface area contributed by atoms with Crippen LogP contribution in [-0.2, 0) is 39.0 Å². The number of aryl methyl sites for hydroxylation is 1. The number of thiazole rings is 1. The van der Waals surface area contributed by atoms with Crippen molar-refractivity contribution in [3.05, 3.63) is 166 Å². The molecule has 106 heavy (non-hydrogen) atoms. The maximum atomic E-state index is 14.6. The largest absolute Gasteiger partial charge is 0.501 e. The number of halogens is 3. The first-order valence-electron chi connectivity index (χ1n) is 36.1. The van der Waals surface area contributed by atoms with Gasteiger partial charge in [-0.05, 0) is 140 Å². The summed E-state index contributed by atoms with van der Waals surface area (Å²) in [6, 6.07) is 30.5. The van der Waals surface area contributed by atoms with Gasteiger partial charge in [-0.15, -0.1) is 23.1 Å². The van der Waals surface area contributed by atoms with Gasteiger partial charge in [-0.3, -0.25) is 33.8 Å². The molecule has 1 aromatic heterocycles. The van der Waals surface area contributed by atoms with Crippen LogP contribution in [0.3, 0.4) is 0 Å². The fourth-order valence-electron chi connectivity index (χ4n) is 14.1. The van der Waals surface area contributed by atoms with Crippen molar-refractivity contribution in [1.29, 1.82) is 0 Å². The van der Waals surface area contributed by atoms with Gasteiger partial charge in [-0.1, -0.05) is 113 Å². The molecular weight excluding hydrogens is 1440 g/mol. The van der Waals surface area contributed by atoms with Gasteiger partial charge in [-0.25, -0.2) is 31.4 Å². The lowest BCUT2D eigenvalue weighted by Gasteiger charge is -2.39. The van der Waals surface area contributed by atoms with Crippen LogP contribution in [0.25, 0.3) is 20.9 Å². The number of thioether (sulfide) groups is 1. The number of sulfonamides is 1. The van der Waals surface area contributed by atoms with E-state index >= 15 is 0 Å². The van der Waals surface area contributed by atoms with Crippen molar-refractivity contribution in [2.24, 2.45) is 10.8 Å². The fourth-order valence-corrected chi connectivity index (χ4v) is 17.9. The molecule has 0 bridgehead atoms. The van der Waals surface area contributed by atoms with Crippen LogP contribution in [0.15, 0.2) is 147 Å². The molecule has 0 radical (unpaired) electrons. The Bertz CT molecular complexity index is 4400. The number of aliphatic hydroxyl groups excluding tert-OH is 1. The summed E-state index contributed by atoms with van der Waals surface area (Å²) in [5.74, 6) is -2.12. The van der Waals surface area contributed by atoms with Gasteiger partial charge >= 0.3 is 5.51 Å². The lowest BCUT2D eigenvalue weighted by Crippen LogP contribution is -2.57. The Labute approximate surface area is 628 Å². The summed E-state index contributed by atoms with van der Waals surface area (Å²) in [5.41, 5.74) is 2.94. The third kappa shape index (κ3) is 20.7. The van der Waals surface area contributed by atoms with E-state index < -0.39 is 94.3 Å². The van der Waals surface area contributed by atoms with Crippen LogP contribution in [0.4, 0.5) is 30.2 Å². The number of allylic oxidation sites excluding steroid dienone is 1. The summed E-state index contributed by atoms with van der Waals surface area (Å²) in [6.07, 6.45) is 4.23. The highest BCUT2D eigenvalue weighted by atomic mass is 32.2. The molecule has 3 fully saturated rings. The summed E-state index contributed by atoms with van der Waals surface area (Å²) in [6.45, 7) is 27.0. The zero-order valence-corrected chi connectivity index (χ0v) is 64.4. The number of likely N-dealkylation sites (tertiary alicyclic amines) is 1. The van der Waals surface area contributed by atoms with Crippen LogP contribution in [0, 0.1) is 24.3 Å². The lowest BCUT2D eigenvalue weighted by atomic mass is 9.72. The van der Waals surface area contributed by atoms with E-state index in [-0.39, 0.29) is 54.4 Å². The predicted octanol–water partition coefficient (Wildman–Crippen LogP) is 12.3. The summed E-state index contributed by atoms with van der Waals surface area (Å²) in [7, 11) is -11.1. The van der Waals surface area contributed by atoms with Gasteiger partial charge in [0.2, 0.25) is 23.6 Å². The molecule has 3 saturated heterocycles. The number of hydrogen-bond donors (Lipinski definition) is 5. The monoisotopic (exact) mass is 1530 g/mol. The number of sulfone groups is 1. The Morgan fingerprint density at radius 3 is 2.10 bits per heavy atom. The number of rotatable bonds is 28. The van der Waals surface area contributed by atoms with Crippen molar-refractivity contribution in [3.63, 3.8) is 0 Å². The molecule has 4 aliphatic rings. The minimum atomic E-state index is -6.19. The molecule has 5 atom stereocenters. The zero-order chi connectivity index (χ0) is 76.3. The molecule has 0 spiro atoms. The maximum absolute atomic E-state index is 14.6. The second kappa shape index (κ2) is 34.8. The van der Waals surface area contributed by atoms with E-state index in [0.717, 1.165) is 88.9 Å². The van der Waals surface area contributed by atoms with E-state index in [4.69, 9.17) is 6.57 Å². The highest BCUT2D eigenvalue weighted by Gasteiger charge is 2.49. The van der Waals surface area contributed by atoms with Gasteiger partial charge in [0.05, 0.1) is 45.4 Å². The van der Waals surface area contributed by atoms with E-state index in [1.54, 1.807) is 33.9 Å². The van der Waals surface area contributed by atoms with Gasteiger partial charge in [0.1, 0.15) is 17.0 Å². The average Bonchev–Trinajstić information content (AvgIpc) is 0.997. The highest BCUT2D eigenvalue weighted by Crippen LogP contribution is 2.44. The molecule has 0 saturated carbocycles. The van der Waals surface area contributed by atoms with E-state index in [2.05, 4.69) is 54.3 Å². The topological polar surface area (TPSA) is 255 Å². The quantitative estimate of drug-likeness (QED) is 0.0174. The van der Waals surface area contributed by atoms with Crippen molar-refractivity contribution in [3.8, 4) is 10.4 Å². The van der Waals surface area contributed by atoms with E-state index in [1.807, 2.05) is 118 Å². The maximum Gasteiger partial charge on any atom is 0.501 e. The van der Waals surface area contributed by atoms with Crippen molar-refractivity contribution >= 4 is 95.1 Å². The molecule has 10 rings (SSSR count). The number of β-amino-alcohol motifs (C(OH)–C–C–N with tert-alkyl or cyclic N) is 1. The number of carbonyl (C=O) groups excluding carboxylic acids is 5. The standard InChI is InChI=1S/C78H96F3N11O10S4/c1-52(54-19-21-56(22-20-54)71-53(2)83-51-104-71)84-74(97)67-45-62(93)49-92(67)75(98)72(76(3,4)5)86-69(94)17-13-10-14-18-70(95)91-43-37-88(38-44-91)36-34-60(50-103-63-15-11-9-12-16-63)85-66-32-31-64(46-68(66)105(99,100)78(79,80)81)106(101,102)87-73(96)57-25-29-61(30-26-57)90-41-39-89(40-42-90)48-58-47-77(6,7)35-33-65(58)55-23-27-59(82-8)28-24-55/h9,11-12,15-16,19-32,46,51-52,60,62,67,72,85,93H,10,13-14,17-18,33-45,47-50H2,1-7H3,(H,84,97)(H,86,94)(H,87,96)/t52-,60+,62+,67-,72+/m0/s1. The molecule has 568 valence electrons. The molecule has 21 nitrogen and oxygen atoms in total. The van der Waals surface area contributed by atoms with Crippen molar-refractivity contribution in [1.82, 2.24) is 39.9 Å². The number of piperazine rings is 2. The van der Waals surface area contributed by atoms with Crippen LogP contribution in [0.2, 0.25) is 0 Å². The second-order valence-electron chi connectivity index (χ2n) is 29.9. The Morgan fingerprint density at radius 1 is 0.802 bits per heavy atom. The van der Waals surface area contributed by atoms with Crippen molar-refractivity contribution in [2.45, 2.75) is 163 Å². The average molecular weight is 1530 g/mol. The predicted molar refractivity (Wildman–Crippen MR) is 408 cm³/mol. The first-order chi connectivity index (χ1) is 50.2. The number of amides is 5. The summed E-state index contributed by atoms with van der Waals surface area (Å²) >= 11 is 2.94. The Hall–Kier alpha value is -8.17. The molecule has 5 N–H and O–H groups in total. The third-order valence-corrected chi connectivity index (χ3v) is 25.3. The lowest BCUT2D eigenvalue weighted by molar-refractivity contribution is -0.144. The summed E-state index contributed by atoms with van der Waals surface area (Å²) in [5, 5.41) is 19.7. The van der Waals surface area contributed by atoms with Gasteiger partial charge in [0.25, 0.3) is 25.8 Å². The Morgan fingerprint density at radius 2 is 1.46 bits per heavy atom. The number of anilines is 2. The number of aliphatic hydroxyl groups is 1. The van der Waals surface area contributed by atoms with Crippen LogP contribution in [0.1, 0.15) is 139 Å². The van der Waals surface area contributed by atoms with Crippen LogP contribution in [0.5, 0.6) is 0 Å². The molecule has 5 aromatic carbocycles. The van der Waals surface area contributed by atoms with Gasteiger partial charge in [0.15, 0.2) is 5.69 Å². The SMILES string of the molecule is [C-]#[N+]c1ccc(C2=C(CN3CCN(c4ccc(C(=O)NS(=O)(=O)c5ccc(N[C@H](CCN6CCN(C(=O)CCCCCC(=O)N[C@H](C(=O)N7C[C@H](O)C[C@H]7C(=O)N[C@@H](C)c7ccc(-c8scnc8C)cc7)C(C)(C)C)CC6)CSc6ccccc6)c(S(=O)(=O)C(F)(F)F)c5)cc4)CC3)CC(C)(C)CC2)cc1. The van der Waals surface area contributed by atoms with Gasteiger partial charge < -0.3 is 35.8 Å². The van der Waals surface area contributed by atoms with E-state index in [9.17, 15) is 59.1 Å². The molecule has 28 heteroatoms. The highest BCUT2D eigenvalue weighted by molar-refractivity contribution is 7.99. The van der Waals surface area contributed by atoms with Crippen LogP contribution >= 0.6 is 23.1 Å². The number of hydrogen-bond acceptors (Lipinski definition) is 17. The fraction of sp³-hybridized carbons (Fsp3) is 0.474. The summed E-state index contributed by atoms with van der Waals surface area (Å²) in [4.78, 5) is 86.1. The van der Waals surface area contributed by atoms with Crippen LogP contribution in [-0.4, -0.2) is 184 Å². The van der Waals surface area contributed by atoms with Gasteiger partial charge in [-0.2, -0.15) is 13.2 Å². The van der Waals surface area contributed by atoms with Crippen molar-refractivity contribution in [2.75, 3.05) is 88.0 Å². The minimum absolute atomic E-state index is 0.0462. The number of unbranched alkanes of at least 4 members (excludes halogenated alkanes) is 2. The molecule has 0 unspecified atom stereocenters. The minimum Gasteiger partial charge on any atom is -0.391 e.